The first-order chi connectivity index (χ1) is 5.11. The lowest BCUT2D eigenvalue weighted by Gasteiger charge is -2.24. The molecule has 0 aromatic carbocycles. The van der Waals surface area contributed by atoms with Crippen LogP contribution < -0.4 is 5.73 Å². The summed E-state index contributed by atoms with van der Waals surface area (Å²) in [6.45, 7) is 0.762. The van der Waals surface area contributed by atoms with Gasteiger partial charge in [0.15, 0.2) is 0 Å². The molecule has 1 heterocycles. The fourth-order valence-corrected chi connectivity index (χ4v) is 1.10. The number of aliphatic hydroxyl groups excluding tert-OH is 1. The van der Waals surface area contributed by atoms with E-state index < -0.39 is 12.0 Å². The van der Waals surface area contributed by atoms with E-state index in [1.165, 1.54) is 0 Å². The molecule has 0 unspecified atom stereocenters. The zero-order valence-electron chi connectivity index (χ0n) is 6.45. The summed E-state index contributed by atoms with van der Waals surface area (Å²) in [7, 11) is 1.84. The Kier molecular flexibility index (Phi) is 2.14. The van der Waals surface area contributed by atoms with Gasteiger partial charge in [-0.3, -0.25) is 4.79 Å². The lowest BCUT2D eigenvalue weighted by atomic mass is 10.0. The van der Waals surface area contributed by atoms with Crippen molar-refractivity contribution in [3.8, 4) is 0 Å². The molecule has 4 heteroatoms. The van der Waals surface area contributed by atoms with E-state index in [4.69, 9.17) is 5.73 Å². The van der Waals surface area contributed by atoms with Crippen LogP contribution in [0.1, 0.15) is 6.42 Å². The second-order valence-electron chi connectivity index (χ2n) is 2.73. The van der Waals surface area contributed by atoms with Crippen LogP contribution in [0.4, 0.5) is 0 Å². The first-order valence-electron chi connectivity index (χ1n) is 3.51. The Morgan fingerprint density at radius 3 is 3.00 bits per heavy atom. The van der Waals surface area contributed by atoms with E-state index in [0.717, 1.165) is 6.54 Å². The third kappa shape index (κ3) is 1.71. The minimum atomic E-state index is -0.677. The van der Waals surface area contributed by atoms with Crippen LogP contribution in [0.2, 0.25) is 0 Å². The van der Waals surface area contributed by atoms with Crippen LogP contribution in [0.3, 0.4) is 0 Å². The molecule has 1 aliphatic heterocycles. The first kappa shape index (κ1) is 8.07. The van der Waals surface area contributed by atoms with Crippen LogP contribution in [0.25, 0.3) is 0 Å². The Morgan fingerprint density at radius 2 is 2.55 bits per heavy atom. The Bertz CT molecular complexity index is 201. The summed E-state index contributed by atoms with van der Waals surface area (Å²) in [5.41, 5.74) is 5.33. The topological polar surface area (TPSA) is 66.6 Å². The highest BCUT2D eigenvalue weighted by molar-refractivity contribution is 5.92. The van der Waals surface area contributed by atoms with E-state index in [2.05, 4.69) is 0 Å². The van der Waals surface area contributed by atoms with Crippen LogP contribution in [0.15, 0.2) is 11.8 Å². The highest BCUT2D eigenvalue weighted by atomic mass is 16.3. The largest absolute Gasteiger partial charge is 0.388 e. The number of nitrogens with zero attached hydrogens (tertiary/aromatic N) is 1. The van der Waals surface area contributed by atoms with E-state index >= 15 is 0 Å². The van der Waals surface area contributed by atoms with Crippen LogP contribution in [-0.2, 0) is 4.79 Å². The number of amides is 1. The number of aliphatic hydroxyl groups is 1. The fourth-order valence-electron chi connectivity index (χ4n) is 1.10. The number of carbonyl (C=O) groups excluding carboxylic acids is 1. The van der Waals surface area contributed by atoms with Gasteiger partial charge in [0, 0.05) is 19.8 Å². The van der Waals surface area contributed by atoms with E-state index in [1.54, 1.807) is 6.20 Å². The minimum absolute atomic E-state index is 0.304. The van der Waals surface area contributed by atoms with Gasteiger partial charge in [0.1, 0.15) is 0 Å². The molecule has 0 fully saturated rings. The molecule has 1 aliphatic rings. The van der Waals surface area contributed by atoms with Crippen molar-refractivity contribution in [2.24, 2.45) is 5.73 Å². The maximum atomic E-state index is 10.7. The van der Waals surface area contributed by atoms with Crippen molar-refractivity contribution in [2.45, 2.75) is 12.5 Å². The lowest BCUT2D eigenvalue weighted by Crippen LogP contribution is -2.33. The van der Waals surface area contributed by atoms with Crippen molar-refractivity contribution in [1.82, 2.24) is 4.90 Å². The van der Waals surface area contributed by atoms with Gasteiger partial charge in [-0.05, 0) is 6.42 Å². The van der Waals surface area contributed by atoms with E-state index in [0.29, 0.717) is 12.0 Å². The number of carbonyl (C=O) groups is 1. The Morgan fingerprint density at radius 1 is 1.91 bits per heavy atom. The van der Waals surface area contributed by atoms with Crippen molar-refractivity contribution in [2.75, 3.05) is 13.6 Å². The minimum Gasteiger partial charge on any atom is -0.388 e. The smallest absolute Gasteiger partial charge is 0.248 e. The third-order valence-electron chi connectivity index (χ3n) is 1.76. The van der Waals surface area contributed by atoms with Gasteiger partial charge < -0.3 is 15.7 Å². The van der Waals surface area contributed by atoms with Gasteiger partial charge >= 0.3 is 0 Å². The summed E-state index contributed by atoms with van der Waals surface area (Å²) in [5.74, 6) is -0.538. The van der Waals surface area contributed by atoms with Crippen molar-refractivity contribution >= 4 is 5.91 Å². The normalized spacial score (nSPS) is 24.7. The van der Waals surface area contributed by atoms with Gasteiger partial charge in [0.2, 0.25) is 5.91 Å². The molecule has 0 saturated heterocycles. The molecule has 1 amide bonds. The number of hydrogen-bond donors (Lipinski definition) is 2. The second-order valence-corrected chi connectivity index (χ2v) is 2.73. The predicted octanol–water partition coefficient (Wildman–Crippen LogP) is -0.948. The van der Waals surface area contributed by atoms with E-state index in [-0.39, 0.29) is 0 Å². The zero-order valence-corrected chi connectivity index (χ0v) is 6.45. The van der Waals surface area contributed by atoms with Gasteiger partial charge in [0.05, 0.1) is 11.7 Å². The summed E-state index contributed by atoms with van der Waals surface area (Å²) in [6, 6.07) is 0. The molecule has 0 aromatic rings. The van der Waals surface area contributed by atoms with Crippen LogP contribution in [0, 0.1) is 0 Å². The Hall–Kier alpha value is -1.03. The van der Waals surface area contributed by atoms with Gasteiger partial charge in [-0.2, -0.15) is 0 Å². The monoisotopic (exact) mass is 156 g/mol. The molecule has 4 nitrogen and oxygen atoms in total. The zero-order chi connectivity index (χ0) is 8.43. The number of primary amides is 1. The average molecular weight is 156 g/mol. The summed E-state index contributed by atoms with van der Waals surface area (Å²) < 4.78 is 0. The third-order valence-corrected chi connectivity index (χ3v) is 1.76. The second kappa shape index (κ2) is 2.92. The van der Waals surface area contributed by atoms with E-state index in [9.17, 15) is 9.90 Å². The molecule has 1 atom stereocenters. The standard InChI is InChI=1S/C7H12N2O2/c1-9-3-2-6(10)5(4-9)7(8)11/h4,6,10H,2-3H2,1H3,(H2,8,11)/t6-/m1/s1. The lowest BCUT2D eigenvalue weighted by molar-refractivity contribution is -0.115. The van der Waals surface area contributed by atoms with Crippen LogP contribution in [0.5, 0.6) is 0 Å². The molecule has 3 N–H and O–H groups in total. The van der Waals surface area contributed by atoms with Gasteiger partial charge in [-0.25, -0.2) is 0 Å². The van der Waals surface area contributed by atoms with E-state index in [1.807, 2.05) is 11.9 Å². The highest BCUT2D eigenvalue weighted by Gasteiger charge is 2.20. The maximum Gasteiger partial charge on any atom is 0.248 e. The first-order valence-corrected chi connectivity index (χ1v) is 3.51. The van der Waals surface area contributed by atoms with Crippen molar-refractivity contribution in [1.29, 1.82) is 0 Å². The SMILES string of the molecule is CN1C=C(C(N)=O)[C@H](O)CC1. The molecule has 1 rings (SSSR count). The predicted molar refractivity (Wildman–Crippen MR) is 40.5 cm³/mol. The fraction of sp³-hybridized carbons (Fsp3) is 0.571. The number of rotatable bonds is 1. The molecule has 0 spiro atoms. The Labute approximate surface area is 65.3 Å². The summed E-state index contributed by atoms with van der Waals surface area (Å²) in [6.07, 6.45) is 1.49. The van der Waals surface area contributed by atoms with Crippen LogP contribution >= 0.6 is 0 Å². The highest BCUT2D eigenvalue weighted by Crippen LogP contribution is 2.13. The summed E-state index contributed by atoms with van der Waals surface area (Å²) in [5, 5.41) is 9.26. The number of hydrogen-bond acceptors (Lipinski definition) is 3. The van der Waals surface area contributed by atoms with Gasteiger partial charge in [-0.1, -0.05) is 0 Å². The Balaban J connectivity index is 2.79. The molecular weight excluding hydrogens is 144 g/mol. The summed E-state index contributed by atoms with van der Waals surface area (Å²) >= 11 is 0. The molecule has 11 heavy (non-hydrogen) atoms. The quantitative estimate of drug-likeness (QED) is 0.514. The molecular formula is C7H12N2O2. The molecule has 62 valence electrons. The molecule has 0 saturated carbocycles. The van der Waals surface area contributed by atoms with Crippen molar-refractivity contribution in [3.63, 3.8) is 0 Å². The van der Waals surface area contributed by atoms with Crippen molar-refractivity contribution in [3.05, 3.63) is 11.8 Å². The molecule has 0 bridgehead atoms. The molecule has 0 aromatic heterocycles. The van der Waals surface area contributed by atoms with Gasteiger partial charge in [0.25, 0.3) is 0 Å². The number of nitrogens with two attached hydrogens (primary N) is 1. The van der Waals surface area contributed by atoms with Crippen LogP contribution in [-0.4, -0.2) is 35.6 Å². The average Bonchev–Trinajstić information content (AvgIpc) is 1.94. The van der Waals surface area contributed by atoms with Gasteiger partial charge in [-0.15, -0.1) is 0 Å². The summed E-state index contributed by atoms with van der Waals surface area (Å²) in [4.78, 5) is 12.5. The molecule has 0 aliphatic carbocycles. The maximum absolute atomic E-state index is 10.7. The molecule has 0 radical (unpaired) electrons. The van der Waals surface area contributed by atoms with Crippen molar-refractivity contribution < 1.29 is 9.90 Å².